The molecule has 0 unspecified atom stereocenters. The number of halogens is 4. The summed E-state index contributed by atoms with van der Waals surface area (Å²) in [5.74, 6) is 0.301. The van der Waals surface area contributed by atoms with Gasteiger partial charge in [-0.3, -0.25) is 4.57 Å². The summed E-state index contributed by atoms with van der Waals surface area (Å²) in [6.45, 7) is 1.28. The molecule has 2 rings (SSSR count). The lowest BCUT2D eigenvalue weighted by Gasteiger charge is -2.18. The van der Waals surface area contributed by atoms with E-state index in [0.29, 0.717) is 10.8 Å². The van der Waals surface area contributed by atoms with E-state index < -0.39 is 19.3 Å². The summed E-state index contributed by atoms with van der Waals surface area (Å²) in [5.41, 5.74) is -0.765. The monoisotopic (exact) mass is 349 g/mol. The van der Waals surface area contributed by atoms with Gasteiger partial charge in [0.1, 0.15) is 5.75 Å². The summed E-state index contributed by atoms with van der Waals surface area (Å²) < 4.78 is 55.6. The lowest BCUT2D eigenvalue weighted by Crippen LogP contribution is -2.07. The van der Waals surface area contributed by atoms with Crippen LogP contribution in [0.2, 0.25) is 5.02 Å². The molecular weight excluding hydrogens is 338 g/mol. The zero-order valence-electron chi connectivity index (χ0n) is 11.4. The number of nitrogens with one attached hydrogen (secondary N) is 1. The molecule has 0 radical (unpaired) electrons. The minimum absolute atomic E-state index is 0.0645. The maximum absolute atomic E-state index is 12.6. The average Bonchev–Trinajstić information content (AvgIpc) is 2.40. The molecular formula is C14H12ClF3NO2P. The maximum Gasteiger partial charge on any atom is 0.416 e. The average molecular weight is 350 g/mol. The molecule has 22 heavy (non-hydrogen) atoms. The highest BCUT2D eigenvalue weighted by Crippen LogP contribution is 2.44. The smallest absolute Gasteiger partial charge is 0.416 e. The van der Waals surface area contributed by atoms with E-state index in [4.69, 9.17) is 16.1 Å². The number of hydrogen-bond donors (Lipinski definition) is 1. The molecule has 1 atom stereocenters. The Kier molecular flexibility index (Phi) is 4.73. The van der Waals surface area contributed by atoms with E-state index in [0.717, 1.165) is 12.1 Å². The molecule has 0 aromatic heterocycles. The van der Waals surface area contributed by atoms with Crippen LogP contribution in [0.25, 0.3) is 0 Å². The predicted molar refractivity (Wildman–Crippen MR) is 80.7 cm³/mol. The molecule has 0 aliphatic rings. The fourth-order valence-corrected chi connectivity index (χ4v) is 3.02. The number of alkyl halides is 3. The Bertz CT molecular complexity index is 704. The summed E-state index contributed by atoms with van der Waals surface area (Å²) >= 11 is 5.73. The third kappa shape index (κ3) is 4.68. The first-order chi connectivity index (χ1) is 10.2. The summed E-state index contributed by atoms with van der Waals surface area (Å²) in [7, 11) is -3.38. The lowest BCUT2D eigenvalue weighted by atomic mass is 10.2. The fraction of sp³-hybridized carbons (Fsp3) is 0.143. The van der Waals surface area contributed by atoms with Crippen molar-refractivity contribution in [2.45, 2.75) is 6.18 Å². The van der Waals surface area contributed by atoms with E-state index in [1.54, 1.807) is 12.1 Å². The van der Waals surface area contributed by atoms with Crippen LogP contribution < -0.4 is 9.61 Å². The van der Waals surface area contributed by atoms with Crippen molar-refractivity contribution in [3.63, 3.8) is 0 Å². The highest BCUT2D eigenvalue weighted by atomic mass is 35.5. The molecule has 0 aliphatic heterocycles. The first-order valence-electron chi connectivity index (χ1n) is 6.14. The lowest BCUT2D eigenvalue weighted by molar-refractivity contribution is -0.137. The normalized spacial score (nSPS) is 14.2. The SMILES string of the molecule is C[P@@](=O)(Nc1cccc(C(F)(F)F)c1)Oc1ccc(Cl)cc1. The van der Waals surface area contributed by atoms with Crippen LogP contribution in [-0.4, -0.2) is 6.66 Å². The second kappa shape index (κ2) is 6.23. The number of benzene rings is 2. The van der Waals surface area contributed by atoms with Gasteiger partial charge in [-0.2, -0.15) is 13.2 Å². The van der Waals surface area contributed by atoms with Crippen molar-refractivity contribution in [3.8, 4) is 5.75 Å². The predicted octanol–water partition coefficient (Wildman–Crippen LogP) is 5.67. The van der Waals surface area contributed by atoms with Crippen molar-refractivity contribution >= 4 is 24.8 Å². The quantitative estimate of drug-likeness (QED) is 0.722. The highest BCUT2D eigenvalue weighted by Gasteiger charge is 2.31. The van der Waals surface area contributed by atoms with Gasteiger partial charge >= 0.3 is 13.7 Å². The van der Waals surface area contributed by atoms with Crippen LogP contribution in [0.1, 0.15) is 5.56 Å². The standard InChI is InChI=1S/C14H12ClF3NO2P/c1-22(20,21-13-7-5-11(15)6-8-13)19-12-4-2-3-10(9-12)14(16,17)18/h2-9H,1H3,(H,19,20)/t22-/m0/s1. The molecule has 0 bridgehead atoms. The van der Waals surface area contributed by atoms with Crippen LogP contribution in [0.3, 0.4) is 0 Å². The second-order valence-electron chi connectivity index (χ2n) is 4.58. The zero-order valence-corrected chi connectivity index (χ0v) is 13.0. The van der Waals surface area contributed by atoms with Crippen molar-refractivity contribution in [1.29, 1.82) is 0 Å². The van der Waals surface area contributed by atoms with Crippen LogP contribution >= 0.6 is 19.1 Å². The molecule has 1 N–H and O–H groups in total. The molecule has 8 heteroatoms. The van der Waals surface area contributed by atoms with Gasteiger partial charge in [-0.05, 0) is 42.5 Å². The molecule has 3 nitrogen and oxygen atoms in total. The molecule has 0 heterocycles. The van der Waals surface area contributed by atoms with E-state index in [1.807, 2.05) is 0 Å². The van der Waals surface area contributed by atoms with Crippen LogP contribution in [0, 0.1) is 0 Å². The Hall–Kier alpha value is -1.65. The molecule has 0 amide bonds. The maximum atomic E-state index is 12.6. The fourth-order valence-electron chi connectivity index (χ4n) is 1.72. The second-order valence-corrected chi connectivity index (χ2v) is 7.12. The van der Waals surface area contributed by atoms with Crippen molar-refractivity contribution in [3.05, 3.63) is 59.1 Å². The van der Waals surface area contributed by atoms with Gasteiger partial charge in [0.25, 0.3) is 0 Å². The van der Waals surface area contributed by atoms with Crippen molar-refractivity contribution in [1.82, 2.24) is 0 Å². The van der Waals surface area contributed by atoms with Crippen LogP contribution in [0.15, 0.2) is 48.5 Å². The van der Waals surface area contributed by atoms with Crippen LogP contribution in [0.5, 0.6) is 5.75 Å². The van der Waals surface area contributed by atoms with Crippen LogP contribution in [0.4, 0.5) is 18.9 Å². The molecule has 2 aromatic rings. The van der Waals surface area contributed by atoms with Crippen molar-refractivity contribution in [2.24, 2.45) is 0 Å². The largest absolute Gasteiger partial charge is 0.429 e. The summed E-state index contributed by atoms with van der Waals surface area (Å²) in [5, 5.41) is 2.98. The first-order valence-corrected chi connectivity index (χ1v) is 8.59. The van der Waals surface area contributed by atoms with Gasteiger partial charge in [-0.1, -0.05) is 17.7 Å². The Labute approximate surface area is 130 Å². The van der Waals surface area contributed by atoms with Crippen molar-refractivity contribution in [2.75, 3.05) is 11.8 Å². The van der Waals surface area contributed by atoms with Crippen LogP contribution in [-0.2, 0) is 10.7 Å². The highest BCUT2D eigenvalue weighted by molar-refractivity contribution is 7.60. The molecule has 118 valence electrons. The Morgan fingerprint density at radius 1 is 1.14 bits per heavy atom. The molecule has 0 aliphatic carbocycles. The molecule has 2 aromatic carbocycles. The Morgan fingerprint density at radius 2 is 1.77 bits per heavy atom. The van der Waals surface area contributed by atoms with E-state index in [1.165, 1.54) is 30.9 Å². The topological polar surface area (TPSA) is 38.3 Å². The molecule has 0 spiro atoms. The van der Waals surface area contributed by atoms with E-state index in [2.05, 4.69) is 5.09 Å². The Morgan fingerprint density at radius 3 is 2.36 bits per heavy atom. The zero-order chi connectivity index (χ0) is 16.4. The van der Waals surface area contributed by atoms with Gasteiger partial charge in [-0.15, -0.1) is 0 Å². The van der Waals surface area contributed by atoms with Gasteiger partial charge in [0, 0.05) is 17.4 Å². The van der Waals surface area contributed by atoms with Gasteiger partial charge in [0.15, 0.2) is 0 Å². The third-order valence-electron chi connectivity index (χ3n) is 2.62. The van der Waals surface area contributed by atoms with E-state index in [9.17, 15) is 17.7 Å². The van der Waals surface area contributed by atoms with Gasteiger partial charge in [-0.25, -0.2) is 0 Å². The molecule has 0 saturated heterocycles. The molecule has 0 fully saturated rings. The summed E-state index contributed by atoms with van der Waals surface area (Å²) in [6.07, 6.45) is -4.47. The van der Waals surface area contributed by atoms with E-state index in [-0.39, 0.29) is 5.69 Å². The summed E-state index contributed by atoms with van der Waals surface area (Å²) in [6, 6.07) is 10.6. The third-order valence-corrected chi connectivity index (χ3v) is 4.09. The number of rotatable bonds is 4. The van der Waals surface area contributed by atoms with Gasteiger partial charge in [0.2, 0.25) is 0 Å². The Balaban J connectivity index is 2.15. The summed E-state index contributed by atoms with van der Waals surface area (Å²) in [4.78, 5) is 0. The van der Waals surface area contributed by atoms with E-state index >= 15 is 0 Å². The number of anilines is 1. The first kappa shape index (κ1) is 16.7. The minimum atomic E-state index is -4.47. The number of hydrogen-bond acceptors (Lipinski definition) is 2. The molecule has 0 saturated carbocycles. The minimum Gasteiger partial charge on any atom is -0.429 e. The van der Waals surface area contributed by atoms with Gasteiger partial charge in [0.05, 0.1) is 5.56 Å². The van der Waals surface area contributed by atoms with Crippen molar-refractivity contribution < 1.29 is 22.3 Å². The van der Waals surface area contributed by atoms with Gasteiger partial charge < -0.3 is 9.61 Å².